The van der Waals surface area contributed by atoms with Gasteiger partial charge in [-0.05, 0) is 33.1 Å². The minimum atomic E-state index is -0.0876. The lowest BCUT2D eigenvalue weighted by molar-refractivity contribution is -0.143. The van der Waals surface area contributed by atoms with Gasteiger partial charge in [0, 0.05) is 43.5 Å². The van der Waals surface area contributed by atoms with Crippen LogP contribution in [-0.4, -0.2) is 43.2 Å². The number of ether oxygens (including phenoxy) is 1. The van der Waals surface area contributed by atoms with Crippen LogP contribution in [0, 0.1) is 0 Å². The average molecular weight is 383 g/mol. The number of carbonyl (C=O) groups excluding carboxylic acids is 1. The van der Waals surface area contributed by atoms with Crippen LogP contribution in [0.25, 0.3) is 0 Å². The predicted molar refractivity (Wildman–Crippen MR) is 109 cm³/mol. The van der Waals surface area contributed by atoms with Crippen LogP contribution in [0.15, 0.2) is 11.2 Å². The lowest BCUT2D eigenvalue weighted by Crippen LogP contribution is -2.38. The molecule has 1 aromatic rings. The first-order chi connectivity index (χ1) is 12.7. The van der Waals surface area contributed by atoms with Gasteiger partial charge in [-0.15, -0.1) is 11.3 Å². The summed E-state index contributed by atoms with van der Waals surface area (Å²) in [4.78, 5) is 21.6. The highest BCUT2D eigenvalue weighted by atomic mass is 32.1. The molecule has 7 heteroatoms. The Hall–Kier alpha value is -1.63. The summed E-state index contributed by atoms with van der Waals surface area (Å²) in [6.07, 6.45) is 8.53. The molecule has 0 aromatic carbocycles. The Balaban J connectivity index is 2.16. The molecular weight excluding hydrogens is 348 g/mol. The monoisotopic (exact) mass is 382 g/mol. The number of guanidine groups is 1. The molecule has 0 bridgehead atoms. The third-order valence-corrected chi connectivity index (χ3v) is 4.99. The van der Waals surface area contributed by atoms with Crippen LogP contribution in [-0.2, 0) is 22.4 Å². The first-order valence-electron chi connectivity index (χ1n) is 9.80. The van der Waals surface area contributed by atoms with E-state index in [9.17, 15) is 4.79 Å². The summed E-state index contributed by atoms with van der Waals surface area (Å²) in [6, 6.07) is 0. The Morgan fingerprint density at radius 3 is 2.69 bits per heavy atom. The normalized spacial score (nSPS) is 11.4. The van der Waals surface area contributed by atoms with Crippen molar-refractivity contribution in [3.8, 4) is 0 Å². The van der Waals surface area contributed by atoms with Gasteiger partial charge in [0.25, 0.3) is 0 Å². The van der Waals surface area contributed by atoms with Crippen LogP contribution in [0.1, 0.15) is 62.8 Å². The van der Waals surface area contributed by atoms with Crippen molar-refractivity contribution in [1.29, 1.82) is 0 Å². The third-order valence-electron chi connectivity index (χ3n) is 3.79. The largest absolute Gasteiger partial charge is 0.466 e. The van der Waals surface area contributed by atoms with E-state index in [-0.39, 0.29) is 5.97 Å². The van der Waals surface area contributed by atoms with Gasteiger partial charge in [-0.25, -0.2) is 4.98 Å². The number of nitrogens with one attached hydrogen (secondary N) is 2. The van der Waals surface area contributed by atoms with Crippen LogP contribution in [0.3, 0.4) is 0 Å². The Bertz CT molecular complexity index is 531. The number of unbranched alkanes of at least 4 members (excludes halogenated alkanes) is 3. The molecule has 0 unspecified atom stereocenters. The third kappa shape index (κ3) is 10.4. The fourth-order valence-corrected chi connectivity index (χ4v) is 3.28. The van der Waals surface area contributed by atoms with E-state index in [1.54, 1.807) is 11.3 Å². The first-order valence-corrected chi connectivity index (χ1v) is 10.6. The van der Waals surface area contributed by atoms with Crippen LogP contribution in [0.2, 0.25) is 0 Å². The summed E-state index contributed by atoms with van der Waals surface area (Å²) < 4.78 is 4.92. The second-order valence-corrected chi connectivity index (χ2v) is 7.18. The fraction of sp³-hybridized carbons (Fsp3) is 0.737. The highest BCUT2D eigenvalue weighted by molar-refractivity contribution is 7.11. The molecule has 148 valence electrons. The Morgan fingerprint density at radius 1 is 1.19 bits per heavy atom. The summed E-state index contributed by atoms with van der Waals surface area (Å²) >= 11 is 1.79. The van der Waals surface area contributed by atoms with Gasteiger partial charge < -0.3 is 15.4 Å². The summed E-state index contributed by atoms with van der Waals surface area (Å²) in [5.74, 6) is 0.779. The molecule has 1 rings (SSSR count). The molecular formula is C19H34N4O2S. The second kappa shape index (κ2) is 14.5. The minimum absolute atomic E-state index is 0.0876. The zero-order valence-corrected chi connectivity index (χ0v) is 17.3. The van der Waals surface area contributed by atoms with Crippen molar-refractivity contribution in [2.45, 2.75) is 65.7 Å². The highest BCUT2D eigenvalue weighted by Crippen LogP contribution is 2.13. The highest BCUT2D eigenvalue weighted by Gasteiger charge is 2.03. The van der Waals surface area contributed by atoms with Gasteiger partial charge in [-0.2, -0.15) is 0 Å². The molecule has 0 fully saturated rings. The summed E-state index contributed by atoms with van der Waals surface area (Å²) in [7, 11) is 0. The molecule has 2 N–H and O–H groups in total. The molecule has 0 saturated heterocycles. The maximum Gasteiger partial charge on any atom is 0.305 e. The number of thiazole rings is 1. The molecule has 0 amide bonds. The lowest BCUT2D eigenvalue weighted by Gasteiger charge is -2.10. The topological polar surface area (TPSA) is 75.6 Å². The van der Waals surface area contributed by atoms with Gasteiger partial charge in [-0.1, -0.05) is 19.8 Å². The Kier molecular flexibility index (Phi) is 12.5. The van der Waals surface area contributed by atoms with Crippen LogP contribution >= 0.6 is 11.3 Å². The summed E-state index contributed by atoms with van der Waals surface area (Å²) in [5.41, 5.74) is 0. The maximum atomic E-state index is 11.3. The van der Waals surface area contributed by atoms with Crippen LogP contribution in [0.5, 0.6) is 0 Å². The zero-order valence-electron chi connectivity index (χ0n) is 16.5. The average Bonchev–Trinajstić information content (AvgIpc) is 3.09. The van der Waals surface area contributed by atoms with Crippen molar-refractivity contribution in [2.24, 2.45) is 4.99 Å². The number of rotatable bonds is 13. The number of aryl methyl sites for hydroxylation is 1. The number of aliphatic imine (C=N–C) groups is 1. The number of nitrogens with zero attached hydrogens (tertiary/aromatic N) is 2. The maximum absolute atomic E-state index is 11.3. The number of aromatic nitrogens is 1. The molecule has 0 atom stereocenters. The zero-order chi connectivity index (χ0) is 19.0. The van der Waals surface area contributed by atoms with E-state index in [4.69, 9.17) is 4.74 Å². The molecule has 0 spiro atoms. The molecule has 0 saturated carbocycles. The lowest BCUT2D eigenvalue weighted by atomic mass is 10.1. The van der Waals surface area contributed by atoms with E-state index in [2.05, 4.69) is 34.5 Å². The molecule has 26 heavy (non-hydrogen) atoms. The summed E-state index contributed by atoms with van der Waals surface area (Å²) in [6.45, 7) is 9.02. The van der Waals surface area contributed by atoms with Crippen molar-refractivity contribution >= 4 is 23.3 Å². The minimum Gasteiger partial charge on any atom is -0.466 e. The van der Waals surface area contributed by atoms with Gasteiger partial charge in [0.15, 0.2) is 5.96 Å². The van der Waals surface area contributed by atoms with Crippen molar-refractivity contribution in [3.05, 3.63) is 16.1 Å². The molecule has 0 radical (unpaired) electrons. The van der Waals surface area contributed by atoms with Crippen LogP contribution < -0.4 is 10.6 Å². The summed E-state index contributed by atoms with van der Waals surface area (Å²) in [5, 5.41) is 7.82. The second-order valence-electron chi connectivity index (χ2n) is 5.98. The van der Waals surface area contributed by atoms with Gasteiger partial charge in [-0.3, -0.25) is 9.79 Å². The van der Waals surface area contributed by atoms with Crippen molar-refractivity contribution in [3.63, 3.8) is 0 Å². The van der Waals surface area contributed by atoms with E-state index in [0.29, 0.717) is 13.0 Å². The van der Waals surface area contributed by atoms with Crippen molar-refractivity contribution in [2.75, 3.05) is 26.2 Å². The van der Waals surface area contributed by atoms with Gasteiger partial charge in [0.2, 0.25) is 0 Å². The van der Waals surface area contributed by atoms with E-state index in [1.807, 2.05) is 13.1 Å². The van der Waals surface area contributed by atoms with Crippen LogP contribution in [0.4, 0.5) is 0 Å². The first kappa shape index (κ1) is 22.4. The Morgan fingerprint density at radius 2 is 2.00 bits per heavy atom. The van der Waals surface area contributed by atoms with Gasteiger partial charge in [0.1, 0.15) is 0 Å². The molecule has 1 heterocycles. The van der Waals surface area contributed by atoms with Gasteiger partial charge in [0.05, 0.1) is 11.6 Å². The number of hydrogen-bond acceptors (Lipinski definition) is 5. The molecule has 6 nitrogen and oxygen atoms in total. The number of esters is 1. The van der Waals surface area contributed by atoms with E-state index in [1.165, 1.54) is 9.88 Å². The Labute approximate surface area is 161 Å². The smallest absolute Gasteiger partial charge is 0.305 e. The van der Waals surface area contributed by atoms with E-state index < -0.39 is 0 Å². The number of carbonyl (C=O) groups is 1. The fourth-order valence-electron chi connectivity index (χ4n) is 2.42. The molecule has 1 aromatic heterocycles. The molecule has 0 aliphatic rings. The van der Waals surface area contributed by atoms with Crippen molar-refractivity contribution in [1.82, 2.24) is 15.6 Å². The van der Waals surface area contributed by atoms with E-state index in [0.717, 1.165) is 64.1 Å². The number of hydrogen-bond donors (Lipinski definition) is 2. The molecule has 0 aliphatic heterocycles. The molecule has 0 aliphatic carbocycles. The standard InChI is InChI=1S/C19H34N4O2S/c1-4-16-15-23-17(26-16)12-14-22-19(20-5-2)21-13-10-8-7-9-11-18(24)25-6-3/h15H,4-14H2,1-3H3,(H2,20,21,22). The van der Waals surface area contributed by atoms with Gasteiger partial charge >= 0.3 is 5.97 Å². The van der Waals surface area contributed by atoms with Crippen molar-refractivity contribution < 1.29 is 9.53 Å². The SMILES string of the molecule is CCNC(=NCCCCCCC(=O)OCC)NCCc1ncc(CC)s1. The quantitative estimate of drug-likeness (QED) is 0.237. The predicted octanol–water partition coefficient (Wildman–Crippen LogP) is 3.32. The van der Waals surface area contributed by atoms with E-state index >= 15 is 0 Å².